The van der Waals surface area contributed by atoms with Crippen LogP contribution >= 0.6 is 11.3 Å². The largest absolute Gasteiger partial charge is 0.476 e. The molecule has 2 heterocycles. The molecule has 0 radical (unpaired) electrons. The Labute approximate surface area is 164 Å². The van der Waals surface area contributed by atoms with Gasteiger partial charge in [-0.2, -0.15) is 0 Å². The molecule has 0 saturated carbocycles. The van der Waals surface area contributed by atoms with Crippen LogP contribution in [0.3, 0.4) is 0 Å². The Kier molecular flexibility index (Phi) is 6.28. The maximum Gasteiger partial charge on any atom is 0.249 e. The smallest absolute Gasteiger partial charge is 0.249 e. The van der Waals surface area contributed by atoms with Crippen molar-refractivity contribution >= 4 is 28.1 Å². The number of hydrogen-bond donors (Lipinski definition) is 0. The van der Waals surface area contributed by atoms with Crippen molar-refractivity contribution in [1.82, 2.24) is 14.9 Å². The normalized spacial score (nSPS) is 10.7. The van der Waals surface area contributed by atoms with E-state index in [9.17, 15) is 0 Å². The third-order valence-corrected chi connectivity index (χ3v) is 4.69. The minimum atomic E-state index is 0.511. The maximum absolute atomic E-state index is 5.90. The van der Waals surface area contributed by atoms with E-state index < -0.39 is 0 Å². The summed E-state index contributed by atoms with van der Waals surface area (Å²) in [5.41, 5.74) is 4.37. The van der Waals surface area contributed by atoms with E-state index in [1.165, 1.54) is 0 Å². The first-order valence-corrected chi connectivity index (χ1v) is 9.78. The van der Waals surface area contributed by atoms with Gasteiger partial charge in [-0.1, -0.05) is 5.92 Å². The van der Waals surface area contributed by atoms with Gasteiger partial charge in [0.2, 0.25) is 5.88 Å². The van der Waals surface area contributed by atoms with Crippen LogP contribution in [0.4, 0.5) is 5.69 Å². The van der Waals surface area contributed by atoms with Gasteiger partial charge < -0.3 is 14.5 Å². The summed E-state index contributed by atoms with van der Waals surface area (Å²) < 4.78 is 5.90. The van der Waals surface area contributed by atoms with Gasteiger partial charge in [-0.05, 0) is 50.7 Å². The molecule has 0 saturated heterocycles. The lowest BCUT2D eigenvalue weighted by molar-refractivity contribution is 0.272. The van der Waals surface area contributed by atoms with E-state index in [-0.39, 0.29) is 0 Å². The molecule has 0 fully saturated rings. The number of anilines is 1. The molecule has 0 N–H and O–H groups in total. The van der Waals surface area contributed by atoms with Gasteiger partial charge in [0.25, 0.3) is 0 Å². The Morgan fingerprint density at radius 1 is 0.963 bits per heavy atom. The number of hydrogen-bond acceptors (Lipinski definition) is 6. The molecule has 0 aliphatic rings. The lowest BCUT2D eigenvalue weighted by atomic mass is 10.2. The predicted molar refractivity (Wildman–Crippen MR) is 113 cm³/mol. The van der Waals surface area contributed by atoms with Gasteiger partial charge in [0.15, 0.2) is 5.69 Å². The van der Waals surface area contributed by atoms with E-state index in [2.05, 4.69) is 57.8 Å². The van der Waals surface area contributed by atoms with Crippen LogP contribution in [-0.4, -0.2) is 56.2 Å². The summed E-state index contributed by atoms with van der Waals surface area (Å²) in [4.78, 5) is 13.4. The second-order valence-electron chi connectivity index (χ2n) is 6.72. The van der Waals surface area contributed by atoms with Crippen LogP contribution < -0.4 is 9.64 Å². The highest BCUT2D eigenvalue weighted by Gasteiger charge is 2.09. The number of aromatic nitrogens is 2. The lowest BCUT2D eigenvalue weighted by Gasteiger charge is -2.11. The molecule has 0 aliphatic carbocycles. The molecule has 0 bridgehead atoms. The summed E-state index contributed by atoms with van der Waals surface area (Å²) in [6.45, 7) is 1.56. The van der Waals surface area contributed by atoms with Crippen LogP contribution in [0, 0.1) is 11.8 Å². The zero-order valence-corrected chi connectivity index (χ0v) is 17.0. The fraction of sp³-hybridized carbons (Fsp3) is 0.333. The molecule has 0 unspecified atom stereocenters. The second kappa shape index (κ2) is 8.85. The predicted octanol–water partition coefficient (Wildman–Crippen LogP) is 3.49. The van der Waals surface area contributed by atoms with Crippen molar-refractivity contribution in [3.05, 3.63) is 46.3 Å². The number of rotatable bonds is 6. The Balaban J connectivity index is 1.82. The van der Waals surface area contributed by atoms with Crippen LogP contribution in [0.25, 0.3) is 11.0 Å². The molecule has 6 heteroatoms. The summed E-state index contributed by atoms with van der Waals surface area (Å²) in [6.07, 6.45) is 0.926. The second-order valence-corrected chi connectivity index (χ2v) is 7.46. The molecule has 3 aromatic rings. The van der Waals surface area contributed by atoms with E-state index in [0.29, 0.717) is 18.2 Å². The van der Waals surface area contributed by atoms with Gasteiger partial charge in [0.1, 0.15) is 11.0 Å². The first-order valence-electron chi connectivity index (χ1n) is 8.84. The molecular formula is C21H24N4OS. The number of nitrogens with zero attached hydrogens (tertiary/aromatic N) is 4. The molecule has 0 aliphatic heterocycles. The molecule has 1 aromatic carbocycles. The van der Waals surface area contributed by atoms with E-state index in [1.807, 2.05) is 37.0 Å². The minimum Gasteiger partial charge on any atom is -0.476 e. The highest BCUT2D eigenvalue weighted by atomic mass is 32.1. The molecule has 0 spiro atoms. The standard InChI is InChI=1S/C21H24N4OS/c1-24(2)12-5-13-26-21-18(22-19-14-27-15-20(19)23-21)11-8-16-6-9-17(10-7-16)25(3)4/h6-7,9-10,14-15H,5,12-13H2,1-4H3. The van der Waals surface area contributed by atoms with Crippen molar-refractivity contribution in [2.45, 2.75) is 6.42 Å². The topological polar surface area (TPSA) is 41.5 Å². The molecule has 0 amide bonds. The first-order chi connectivity index (χ1) is 13.0. The Hall–Kier alpha value is -2.62. The highest BCUT2D eigenvalue weighted by molar-refractivity contribution is 7.09. The SMILES string of the molecule is CN(C)CCCOc1nc2cscc2nc1C#Cc1ccc(N(C)C)cc1. The van der Waals surface area contributed by atoms with Crippen LogP contribution in [0.15, 0.2) is 35.0 Å². The third-order valence-electron chi connectivity index (χ3n) is 3.98. The van der Waals surface area contributed by atoms with Gasteiger partial charge in [0, 0.05) is 42.7 Å². The summed E-state index contributed by atoms with van der Waals surface area (Å²) in [6, 6.07) is 8.12. The lowest BCUT2D eigenvalue weighted by Crippen LogP contribution is -2.16. The Bertz CT molecular complexity index is 952. The number of benzene rings is 1. The van der Waals surface area contributed by atoms with E-state index in [0.717, 1.165) is 35.2 Å². The van der Waals surface area contributed by atoms with Crippen LogP contribution in [0.2, 0.25) is 0 Å². The quantitative estimate of drug-likeness (QED) is 0.484. The van der Waals surface area contributed by atoms with Crippen molar-refractivity contribution in [3.8, 4) is 17.7 Å². The summed E-state index contributed by atoms with van der Waals surface area (Å²) in [7, 11) is 8.14. The van der Waals surface area contributed by atoms with Crippen molar-refractivity contribution in [2.24, 2.45) is 0 Å². The number of ether oxygens (including phenoxy) is 1. The monoisotopic (exact) mass is 380 g/mol. The van der Waals surface area contributed by atoms with Crippen molar-refractivity contribution in [3.63, 3.8) is 0 Å². The molecule has 0 atom stereocenters. The van der Waals surface area contributed by atoms with Crippen LogP contribution in [0.5, 0.6) is 5.88 Å². The van der Waals surface area contributed by atoms with Crippen molar-refractivity contribution < 1.29 is 4.74 Å². The van der Waals surface area contributed by atoms with Crippen LogP contribution in [0.1, 0.15) is 17.7 Å². The minimum absolute atomic E-state index is 0.511. The van der Waals surface area contributed by atoms with Gasteiger partial charge in [0.05, 0.1) is 6.61 Å². The van der Waals surface area contributed by atoms with E-state index >= 15 is 0 Å². The average Bonchev–Trinajstić information content (AvgIpc) is 3.10. The maximum atomic E-state index is 5.90. The van der Waals surface area contributed by atoms with Gasteiger partial charge >= 0.3 is 0 Å². The number of thiophene rings is 1. The summed E-state index contributed by atoms with van der Waals surface area (Å²) in [5.74, 6) is 6.83. The van der Waals surface area contributed by atoms with Crippen molar-refractivity contribution in [1.29, 1.82) is 0 Å². The average molecular weight is 381 g/mol. The molecule has 5 nitrogen and oxygen atoms in total. The van der Waals surface area contributed by atoms with Gasteiger partial charge in [-0.25, -0.2) is 9.97 Å². The summed E-state index contributed by atoms with van der Waals surface area (Å²) >= 11 is 1.58. The van der Waals surface area contributed by atoms with E-state index in [1.54, 1.807) is 11.3 Å². The van der Waals surface area contributed by atoms with Gasteiger partial charge in [-0.3, -0.25) is 0 Å². The molecule has 140 valence electrons. The summed E-state index contributed by atoms with van der Waals surface area (Å²) in [5, 5.41) is 3.96. The number of fused-ring (bicyclic) bond motifs is 1. The van der Waals surface area contributed by atoms with Gasteiger partial charge in [-0.15, -0.1) is 11.3 Å². The fourth-order valence-corrected chi connectivity index (χ4v) is 3.16. The zero-order valence-electron chi connectivity index (χ0n) is 16.2. The van der Waals surface area contributed by atoms with Crippen molar-refractivity contribution in [2.75, 3.05) is 46.2 Å². The zero-order chi connectivity index (χ0) is 19.2. The highest BCUT2D eigenvalue weighted by Crippen LogP contribution is 2.21. The third kappa shape index (κ3) is 5.19. The Morgan fingerprint density at radius 2 is 1.67 bits per heavy atom. The van der Waals surface area contributed by atoms with E-state index in [4.69, 9.17) is 4.74 Å². The molecular weight excluding hydrogens is 356 g/mol. The first kappa shape index (κ1) is 19.2. The molecule has 3 rings (SSSR count). The molecule has 2 aromatic heterocycles. The Morgan fingerprint density at radius 3 is 2.33 bits per heavy atom. The van der Waals surface area contributed by atoms with Crippen LogP contribution in [-0.2, 0) is 0 Å². The molecule has 27 heavy (non-hydrogen) atoms. The fourth-order valence-electron chi connectivity index (χ4n) is 2.49.